The first-order valence-corrected chi connectivity index (χ1v) is 10.6. The monoisotopic (exact) mass is 468 g/mol. The predicted octanol–water partition coefficient (Wildman–Crippen LogP) is 6.29. The van der Waals surface area contributed by atoms with E-state index >= 15 is 0 Å². The quantitative estimate of drug-likeness (QED) is 0.314. The first-order valence-electron chi connectivity index (χ1n) is 9.88. The third-order valence-corrected chi connectivity index (χ3v) is 5.43. The number of carbonyl (C=O) groups excluding carboxylic acids is 2. The van der Waals surface area contributed by atoms with Crippen LogP contribution in [0.4, 0.5) is 0 Å². The zero-order valence-electron chi connectivity index (χ0n) is 17.0. The van der Waals surface area contributed by atoms with Crippen LogP contribution < -0.4 is 9.47 Å². The first-order chi connectivity index (χ1) is 15.5. The van der Waals surface area contributed by atoms with Crippen LogP contribution in [0.3, 0.4) is 0 Å². The van der Waals surface area contributed by atoms with E-state index in [4.69, 9.17) is 37.4 Å². The predicted molar refractivity (Wildman–Crippen MR) is 122 cm³/mol. The minimum absolute atomic E-state index is 0.0946. The highest BCUT2D eigenvalue weighted by Gasteiger charge is 2.30. The van der Waals surface area contributed by atoms with Gasteiger partial charge in [0, 0.05) is 27.2 Å². The molecule has 1 aliphatic heterocycles. The summed E-state index contributed by atoms with van der Waals surface area (Å²) < 4.78 is 16.9. The van der Waals surface area contributed by atoms with E-state index < -0.39 is 12.1 Å². The van der Waals surface area contributed by atoms with Gasteiger partial charge in [0.05, 0.1) is 12.2 Å². The van der Waals surface area contributed by atoms with Crippen LogP contribution in [-0.4, -0.2) is 18.4 Å². The van der Waals surface area contributed by atoms with Gasteiger partial charge < -0.3 is 14.2 Å². The molecule has 1 atom stereocenters. The van der Waals surface area contributed by atoms with Crippen molar-refractivity contribution in [2.45, 2.75) is 13.0 Å². The summed E-state index contributed by atoms with van der Waals surface area (Å²) >= 11 is 12.4. The molecule has 3 aromatic carbocycles. The van der Waals surface area contributed by atoms with Crippen molar-refractivity contribution in [1.82, 2.24) is 0 Å². The molecule has 0 spiro atoms. The number of rotatable bonds is 6. The molecule has 0 amide bonds. The Balaban J connectivity index is 1.62. The molecule has 1 heterocycles. The molecule has 0 N–H and O–H groups in total. The Hall–Kier alpha value is -3.28. The van der Waals surface area contributed by atoms with Crippen LogP contribution in [0.5, 0.6) is 11.5 Å². The third kappa shape index (κ3) is 4.49. The van der Waals surface area contributed by atoms with Crippen molar-refractivity contribution >= 4 is 41.0 Å². The van der Waals surface area contributed by atoms with Crippen molar-refractivity contribution in [2.24, 2.45) is 0 Å². The third-order valence-electron chi connectivity index (χ3n) is 4.77. The average molecular weight is 469 g/mol. The van der Waals surface area contributed by atoms with Gasteiger partial charge in [-0.05, 0) is 37.3 Å². The zero-order valence-corrected chi connectivity index (χ0v) is 18.5. The van der Waals surface area contributed by atoms with Gasteiger partial charge in [-0.1, -0.05) is 59.6 Å². The molecule has 0 aliphatic carbocycles. The van der Waals surface area contributed by atoms with E-state index in [1.807, 2.05) is 18.2 Å². The second-order valence-corrected chi connectivity index (χ2v) is 7.71. The van der Waals surface area contributed by atoms with Gasteiger partial charge >= 0.3 is 5.97 Å². The molecule has 4 rings (SSSR count). The number of hydrogen-bond acceptors (Lipinski definition) is 5. The Kier molecular flexibility index (Phi) is 6.49. The lowest BCUT2D eigenvalue weighted by atomic mass is 10.1. The van der Waals surface area contributed by atoms with Gasteiger partial charge in [0.25, 0.3) is 0 Å². The van der Waals surface area contributed by atoms with Gasteiger partial charge in [0.15, 0.2) is 5.76 Å². The number of halogens is 2. The number of esters is 1. The minimum atomic E-state index is -0.955. The maximum Gasteiger partial charge on any atom is 0.352 e. The van der Waals surface area contributed by atoms with Crippen LogP contribution >= 0.6 is 23.2 Å². The number of Topliss-reactive ketones (excluding diaryl/α,β-unsaturated/α-hetero) is 1. The first kappa shape index (κ1) is 21.9. The summed E-state index contributed by atoms with van der Waals surface area (Å²) in [4.78, 5) is 25.3. The van der Waals surface area contributed by atoms with Crippen LogP contribution in [-0.2, 0) is 9.53 Å². The van der Waals surface area contributed by atoms with Gasteiger partial charge in [-0.25, -0.2) is 4.79 Å². The lowest BCUT2D eigenvalue weighted by Gasteiger charge is -2.18. The van der Waals surface area contributed by atoms with Crippen molar-refractivity contribution < 1.29 is 23.8 Å². The fraction of sp³-hybridized carbons (Fsp3) is 0.120. The highest BCUT2D eigenvalue weighted by molar-refractivity contribution is 6.37. The van der Waals surface area contributed by atoms with Crippen LogP contribution in [0.2, 0.25) is 10.0 Å². The summed E-state index contributed by atoms with van der Waals surface area (Å²) in [5.41, 5.74) is 1.52. The Morgan fingerprint density at radius 1 is 1.03 bits per heavy atom. The van der Waals surface area contributed by atoms with E-state index in [-0.39, 0.29) is 18.1 Å². The molecule has 1 aliphatic rings. The number of fused-ring (bicyclic) bond motifs is 1. The van der Waals surface area contributed by atoms with E-state index in [1.165, 1.54) is 6.08 Å². The van der Waals surface area contributed by atoms with E-state index in [2.05, 4.69) is 0 Å². The smallest absolute Gasteiger partial charge is 0.352 e. The molecule has 7 heteroatoms. The topological polar surface area (TPSA) is 61.8 Å². The molecule has 0 saturated heterocycles. The standard InChI is InChI=1S/C25H18Cl2O5/c1-2-30-25(29)24(15-7-4-3-5-8-15)31-16-11-12-17-21(13-16)32-22(23(17)28)14-18-19(26)9-6-10-20(18)27/h3-14,24H,2H2,1H3/b22-14-. The Morgan fingerprint density at radius 2 is 1.75 bits per heavy atom. The minimum Gasteiger partial charge on any atom is -0.474 e. The molecule has 0 fully saturated rings. The van der Waals surface area contributed by atoms with Crippen LogP contribution in [0.25, 0.3) is 6.08 Å². The van der Waals surface area contributed by atoms with Gasteiger partial charge in [0.1, 0.15) is 11.5 Å². The van der Waals surface area contributed by atoms with Gasteiger partial charge in [0.2, 0.25) is 11.9 Å². The van der Waals surface area contributed by atoms with Gasteiger partial charge in [-0.3, -0.25) is 4.79 Å². The van der Waals surface area contributed by atoms with E-state index in [0.29, 0.717) is 38.2 Å². The second-order valence-electron chi connectivity index (χ2n) is 6.89. The summed E-state index contributed by atoms with van der Waals surface area (Å²) in [6.45, 7) is 1.96. The lowest BCUT2D eigenvalue weighted by Crippen LogP contribution is -2.21. The fourth-order valence-electron chi connectivity index (χ4n) is 3.25. The van der Waals surface area contributed by atoms with Crippen molar-refractivity contribution in [2.75, 3.05) is 6.61 Å². The molecule has 5 nitrogen and oxygen atoms in total. The molecule has 3 aromatic rings. The molecule has 0 aromatic heterocycles. The van der Waals surface area contributed by atoms with Crippen LogP contribution in [0.15, 0.2) is 72.5 Å². The van der Waals surface area contributed by atoms with Gasteiger partial charge in [-0.15, -0.1) is 0 Å². The van der Waals surface area contributed by atoms with Crippen molar-refractivity contribution in [3.05, 3.63) is 99.2 Å². The Morgan fingerprint density at radius 3 is 2.44 bits per heavy atom. The second kappa shape index (κ2) is 9.47. The Bertz CT molecular complexity index is 1180. The summed E-state index contributed by atoms with van der Waals surface area (Å²) in [5.74, 6) is -0.0390. The summed E-state index contributed by atoms with van der Waals surface area (Å²) in [6, 6.07) is 18.9. The molecular formula is C25H18Cl2O5. The number of benzene rings is 3. The lowest BCUT2D eigenvalue weighted by molar-refractivity contribution is -0.151. The van der Waals surface area contributed by atoms with Crippen molar-refractivity contribution in [1.29, 1.82) is 0 Å². The van der Waals surface area contributed by atoms with E-state index in [9.17, 15) is 9.59 Å². The van der Waals surface area contributed by atoms with Crippen LogP contribution in [0.1, 0.15) is 34.5 Å². The summed E-state index contributed by atoms with van der Waals surface area (Å²) in [5, 5.41) is 0.808. The zero-order chi connectivity index (χ0) is 22.7. The summed E-state index contributed by atoms with van der Waals surface area (Å²) in [6.07, 6.45) is 0.557. The maximum absolute atomic E-state index is 12.8. The Labute approximate surface area is 195 Å². The normalized spacial score (nSPS) is 14.6. The molecule has 32 heavy (non-hydrogen) atoms. The molecule has 0 radical (unpaired) electrons. The number of hydrogen-bond donors (Lipinski definition) is 0. The van der Waals surface area contributed by atoms with Crippen LogP contribution in [0, 0.1) is 0 Å². The molecule has 1 unspecified atom stereocenters. The average Bonchev–Trinajstić information content (AvgIpc) is 3.10. The number of carbonyl (C=O) groups is 2. The molecule has 0 saturated carbocycles. The highest BCUT2D eigenvalue weighted by atomic mass is 35.5. The number of ether oxygens (including phenoxy) is 3. The number of allylic oxidation sites excluding steroid dienone is 1. The maximum atomic E-state index is 12.8. The largest absolute Gasteiger partial charge is 0.474 e. The SMILES string of the molecule is CCOC(=O)C(Oc1ccc2c(c1)O/C(=C\c1c(Cl)cccc1Cl)C2=O)c1ccccc1. The molecule has 0 bridgehead atoms. The van der Waals surface area contributed by atoms with Crippen molar-refractivity contribution in [3.8, 4) is 11.5 Å². The number of ketones is 1. The highest BCUT2D eigenvalue weighted by Crippen LogP contribution is 2.37. The molecule has 162 valence electrons. The fourth-order valence-corrected chi connectivity index (χ4v) is 3.76. The van der Waals surface area contributed by atoms with E-state index in [1.54, 1.807) is 55.5 Å². The summed E-state index contributed by atoms with van der Waals surface area (Å²) in [7, 11) is 0. The molecular weight excluding hydrogens is 451 g/mol. The van der Waals surface area contributed by atoms with Gasteiger partial charge in [-0.2, -0.15) is 0 Å². The van der Waals surface area contributed by atoms with E-state index in [0.717, 1.165) is 0 Å². The van der Waals surface area contributed by atoms with Crippen molar-refractivity contribution in [3.63, 3.8) is 0 Å².